The quantitative estimate of drug-likeness (QED) is 0.752. The zero-order valence-corrected chi connectivity index (χ0v) is 9.28. The molecule has 0 aromatic rings. The van der Waals surface area contributed by atoms with Crippen LogP contribution < -0.4 is 0 Å². The summed E-state index contributed by atoms with van der Waals surface area (Å²) in [5.41, 5.74) is -0.947. The van der Waals surface area contributed by atoms with Crippen LogP contribution in [0, 0.1) is 17.8 Å². The molecule has 2 aliphatic rings. The third-order valence-corrected chi connectivity index (χ3v) is 4.27. The highest BCUT2D eigenvalue weighted by molar-refractivity contribution is 5.71. The van der Waals surface area contributed by atoms with E-state index >= 15 is 0 Å². The summed E-state index contributed by atoms with van der Waals surface area (Å²) in [6, 6.07) is 0. The van der Waals surface area contributed by atoms with Gasteiger partial charge in [-0.2, -0.15) is 0 Å². The Balaban J connectivity index is 2.03. The molecule has 2 aliphatic carbocycles. The second-order valence-electron chi connectivity index (χ2n) is 5.36. The Labute approximate surface area is 90.5 Å². The Morgan fingerprint density at radius 1 is 1.33 bits per heavy atom. The lowest BCUT2D eigenvalue weighted by Gasteiger charge is -2.39. The lowest BCUT2D eigenvalue weighted by atomic mass is 9.70. The minimum absolute atomic E-state index is 0.575. The van der Waals surface area contributed by atoms with Crippen molar-refractivity contribution in [3.05, 3.63) is 0 Å². The molecule has 15 heavy (non-hydrogen) atoms. The number of aliphatic hydroxyl groups is 1. The van der Waals surface area contributed by atoms with Crippen LogP contribution in [-0.2, 0) is 4.79 Å². The van der Waals surface area contributed by atoms with Crippen LogP contribution in [0.5, 0.6) is 0 Å². The molecule has 2 N–H and O–H groups in total. The number of carbonyl (C=O) groups is 1. The van der Waals surface area contributed by atoms with Crippen LogP contribution >= 0.6 is 0 Å². The molecule has 2 rings (SSSR count). The van der Waals surface area contributed by atoms with E-state index in [-0.39, 0.29) is 0 Å². The van der Waals surface area contributed by atoms with Gasteiger partial charge in [-0.3, -0.25) is 4.79 Å². The van der Waals surface area contributed by atoms with E-state index in [2.05, 4.69) is 0 Å². The van der Waals surface area contributed by atoms with Gasteiger partial charge in [0.05, 0.1) is 11.5 Å². The molecular formula is C12H20O3. The number of hydrogen-bond acceptors (Lipinski definition) is 2. The highest BCUT2D eigenvalue weighted by Gasteiger charge is 2.45. The number of carboxylic acids is 1. The predicted octanol–water partition coefficient (Wildman–Crippen LogP) is 2.04. The molecule has 0 amide bonds. The molecule has 0 bridgehead atoms. The zero-order valence-electron chi connectivity index (χ0n) is 9.28. The molecule has 0 spiro atoms. The molecule has 86 valence electrons. The van der Waals surface area contributed by atoms with E-state index in [1.54, 1.807) is 6.92 Å². The zero-order chi connectivity index (χ0) is 11.1. The summed E-state index contributed by atoms with van der Waals surface area (Å²) in [6.07, 6.45) is 6.08. The highest BCUT2D eigenvalue weighted by Crippen LogP contribution is 2.48. The second kappa shape index (κ2) is 3.78. The van der Waals surface area contributed by atoms with Gasteiger partial charge in [0.1, 0.15) is 0 Å². The van der Waals surface area contributed by atoms with E-state index in [0.29, 0.717) is 18.8 Å². The molecule has 0 aliphatic heterocycles. The minimum atomic E-state index is -0.947. The third-order valence-electron chi connectivity index (χ3n) is 4.27. The van der Waals surface area contributed by atoms with Gasteiger partial charge in [-0.25, -0.2) is 0 Å². The average molecular weight is 212 g/mol. The number of aliphatic carboxylic acids is 1. The molecule has 0 saturated heterocycles. The smallest absolute Gasteiger partial charge is 0.309 e. The monoisotopic (exact) mass is 212 g/mol. The number of hydrogen-bond donors (Lipinski definition) is 2. The number of rotatable bonds is 3. The molecule has 0 heterocycles. The fourth-order valence-corrected chi connectivity index (χ4v) is 2.92. The SMILES string of the molecule is CC(C(=O)O)C1(O)CCCC(C2CC2)C1. The first kappa shape index (κ1) is 10.9. The van der Waals surface area contributed by atoms with Crippen LogP contribution in [0.25, 0.3) is 0 Å². The Kier molecular flexibility index (Phi) is 2.75. The van der Waals surface area contributed by atoms with Crippen molar-refractivity contribution in [2.75, 3.05) is 0 Å². The second-order valence-corrected chi connectivity index (χ2v) is 5.36. The van der Waals surface area contributed by atoms with Crippen LogP contribution in [0.3, 0.4) is 0 Å². The lowest BCUT2D eigenvalue weighted by molar-refractivity contribution is -0.155. The highest BCUT2D eigenvalue weighted by atomic mass is 16.4. The van der Waals surface area contributed by atoms with Crippen molar-refractivity contribution in [3.8, 4) is 0 Å². The van der Waals surface area contributed by atoms with Crippen molar-refractivity contribution < 1.29 is 15.0 Å². The number of carboxylic acid groups (broad SMARTS) is 1. The molecule has 3 heteroatoms. The van der Waals surface area contributed by atoms with Gasteiger partial charge in [-0.05, 0) is 50.9 Å². The first-order valence-corrected chi connectivity index (χ1v) is 5.98. The van der Waals surface area contributed by atoms with Crippen molar-refractivity contribution in [1.29, 1.82) is 0 Å². The third kappa shape index (κ3) is 2.17. The van der Waals surface area contributed by atoms with E-state index in [4.69, 9.17) is 5.11 Å². The Morgan fingerprint density at radius 2 is 2.00 bits per heavy atom. The van der Waals surface area contributed by atoms with Gasteiger partial charge in [0, 0.05) is 0 Å². The van der Waals surface area contributed by atoms with Gasteiger partial charge >= 0.3 is 5.97 Å². The molecule has 3 atom stereocenters. The fraction of sp³-hybridized carbons (Fsp3) is 0.917. The summed E-state index contributed by atoms with van der Waals surface area (Å²) < 4.78 is 0. The van der Waals surface area contributed by atoms with Gasteiger partial charge < -0.3 is 10.2 Å². The average Bonchev–Trinajstić information content (AvgIpc) is 2.99. The van der Waals surface area contributed by atoms with E-state index < -0.39 is 17.5 Å². The van der Waals surface area contributed by atoms with Crippen LogP contribution in [0.4, 0.5) is 0 Å². The van der Waals surface area contributed by atoms with Crippen molar-refractivity contribution in [1.82, 2.24) is 0 Å². The fourth-order valence-electron chi connectivity index (χ4n) is 2.92. The van der Waals surface area contributed by atoms with Gasteiger partial charge in [-0.15, -0.1) is 0 Å². The summed E-state index contributed by atoms with van der Waals surface area (Å²) in [5, 5.41) is 19.4. The Morgan fingerprint density at radius 3 is 2.53 bits per heavy atom. The molecule has 3 nitrogen and oxygen atoms in total. The van der Waals surface area contributed by atoms with Gasteiger partial charge in [0.2, 0.25) is 0 Å². The molecule has 0 aromatic heterocycles. The summed E-state index contributed by atoms with van der Waals surface area (Å²) in [4.78, 5) is 10.9. The molecule has 2 fully saturated rings. The summed E-state index contributed by atoms with van der Waals surface area (Å²) in [7, 11) is 0. The van der Waals surface area contributed by atoms with Crippen molar-refractivity contribution in [2.24, 2.45) is 17.8 Å². The largest absolute Gasteiger partial charge is 0.481 e. The van der Waals surface area contributed by atoms with E-state index in [9.17, 15) is 9.90 Å². The summed E-state index contributed by atoms with van der Waals surface area (Å²) >= 11 is 0. The summed E-state index contributed by atoms with van der Waals surface area (Å²) in [5.74, 6) is -0.142. The molecule has 2 saturated carbocycles. The maximum atomic E-state index is 10.9. The van der Waals surface area contributed by atoms with Crippen LogP contribution in [0.15, 0.2) is 0 Å². The van der Waals surface area contributed by atoms with Crippen LogP contribution in [0.1, 0.15) is 45.4 Å². The van der Waals surface area contributed by atoms with Crippen molar-refractivity contribution in [3.63, 3.8) is 0 Å². The summed E-state index contributed by atoms with van der Waals surface area (Å²) in [6.45, 7) is 1.64. The van der Waals surface area contributed by atoms with E-state index in [1.807, 2.05) is 0 Å². The maximum absolute atomic E-state index is 10.9. The molecule has 3 unspecified atom stereocenters. The normalized spacial score (nSPS) is 38.7. The Hall–Kier alpha value is -0.570. The maximum Gasteiger partial charge on any atom is 0.309 e. The van der Waals surface area contributed by atoms with Crippen molar-refractivity contribution in [2.45, 2.75) is 51.0 Å². The molecule has 0 aromatic carbocycles. The first-order valence-electron chi connectivity index (χ1n) is 5.98. The van der Waals surface area contributed by atoms with E-state index in [1.165, 1.54) is 19.3 Å². The standard InChI is InChI=1S/C12H20O3/c1-8(11(13)14)12(15)6-2-3-10(7-12)9-4-5-9/h8-10,15H,2-7H2,1H3,(H,13,14). The van der Waals surface area contributed by atoms with E-state index in [0.717, 1.165) is 12.3 Å². The molecular weight excluding hydrogens is 192 g/mol. The minimum Gasteiger partial charge on any atom is -0.481 e. The lowest BCUT2D eigenvalue weighted by Crippen LogP contribution is -2.45. The van der Waals surface area contributed by atoms with Crippen LogP contribution in [-0.4, -0.2) is 21.8 Å². The van der Waals surface area contributed by atoms with Gasteiger partial charge in [-0.1, -0.05) is 6.42 Å². The van der Waals surface area contributed by atoms with Crippen molar-refractivity contribution >= 4 is 5.97 Å². The Bertz CT molecular complexity index is 260. The van der Waals surface area contributed by atoms with Crippen LogP contribution in [0.2, 0.25) is 0 Å². The predicted molar refractivity (Wildman–Crippen MR) is 56.4 cm³/mol. The molecule has 0 radical (unpaired) electrons. The van der Waals surface area contributed by atoms with Gasteiger partial charge in [0.25, 0.3) is 0 Å². The van der Waals surface area contributed by atoms with Gasteiger partial charge in [0.15, 0.2) is 0 Å². The topological polar surface area (TPSA) is 57.5 Å². The first-order chi connectivity index (χ1) is 7.03.